The van der Waals surface area contributed by atoms with E-state index in [2.05, 4.69) is 26.3 Å². The first-order chi connectivity index (χ1) is 14.2. The molecule has 0 spiro atoms. The van der Waals surface area contributed by atoms with E-state index in [4.69, 9.17) is 0 Å². The molecule has 0 radical (unpaired) electrons. The molecule has 1 aliphatic rings. The Bertz CT molecular complexity index is 1040. The number of hydrogen-bond donors (Lipinski definition) is 1. The fourth-order valence-electron chi connectivity index (χ4n) is 3.57. The Kier molecular flexibility index (Phi) is 5.52. The first kappa shape index (κ1) is 18.7. The largest absolute Gasteiger partial charge is 0.384 e. The maximum Gasteiger partial charge on any atom is 0.224 e. The molecule has 7 heteroatoms. The van der Waals surface area contributed by atoms with Gasteiger partial charge in [-0.15, -0.1) is 0 Å². The van der Waals surface area contributed by atoms with Crippen LogP contribution in [0.2, 0.25) is 0 Å². The van der Waals surface area contributed by atoms with E-state index in [9.17, 15) is 10.1 Å². The van der Waals surface area contributed by atoms with Crippen LogP contribution in [0.15, 0.2) is 54.7 Å². The predicted octanol–water partition coefficient (Wildman–Crippen LogP) is 2.65. The molecule has 146 valence electrons. The summed E-state index contributed by atoms with van der Waals surface area (Å²) < 4.78 is 0. The fraction of sp³-hybridized carbons (Fsp3) is 0.273. The van der Waals surface area contributed by atoms with Crippen LogP contribution in [0.5, 0.6) is 0 Å². The van der Waals surface area contributed by atoms with Crippen LogP contribution in [0.4, 0.5) is 11.5 Å². The van der Waals surface area contributed by atoms with Gasteiger partial charge in [0.2, 0.25) is 5.91 Å². The first-order valence-electron chi connectivity index (χ1n) is 9.72. The van der Waals surface area contributed by atoms with E-state index in [-0.39, 0.29) is 5.91 Å². The van der Waals surface area contributed by atoms with Crippen molar-refractivity contribution in [3.63, 3.8) is 0 Å². The van der Waals surface area contributed by atoms with Gasteiger partial charge in [0.1, 0.15) is 17.6 Å². The minimum absolute atomic E-state index is 0.136. The number of anilines is 2. The summed E-state index contributed by atoms with van der Waals surface area (Å²) >= 11 is 0. The number of aromatic nitrogens is 2. The summed E-state index contributed by atoms with van der Waals surface area (Å²) in [7, 11) is 0. The Hall–Kier alpha value is -3.66. The van der Waals surface area contributed by atoms with Crippen LogP contribution in [0.3, 0.4) is 0 Å². The molecule has 0 aliphatic carbocycles. The lowest BCUT2D eigenvalue weighted by Gasteiger charge is -2.35. The molecule has 1 N–H and O–H groups in total. The standard InChI is InChI=1S/C22H22N6O/c23-16-17-15-20(18-5-1-2-6-19(18)26-17)24-10-8-22(29)28-13-11-27(12-14-28)21-7-3-4-9-25-21/h1-7,9,15H,8,10-14H2,(H,24,26). The second kappa shape index (κ2) is 8.57. The number of carbonyl (C=O) groups excluding carboxylic acids is 1. The highest BCUT2D eigenvalue weighted by atomic mass is 16.2. The van der Waals surface area contributed by atoms with E-state index in [1.807, 2.05) is 47.4 Å². The molecule has 0 saturated carbocycles. The number of pyridine rings is 2. The molecule has 3 heterocycles. The topological polar surface area (TPSA) is 85.2 Å². The normalized spacial score (nSPS) is 13.9. The lowest BCUT2D eigenvalue weighted by atomic mass is 10.1. The molecule has 0 unspecified atom stereocenters. The SMILES string of the molecule is N#Cc1cc(NCCC(=O)N2CCN(c3ccccn3)CC2)c2ccccc2n1. The highest BCUT2D eigenvalue weighted by Gasteiger charge is 2.21. The molecule has 1 aromatic carbocycles. The molecule has 1 fully saturated rings. The van der Waals surface area contributed by atoms with Gasteiger partial charge in [0.05, 0.1) is 5.52 Å². The Morgan fingerprint density at radius 1 is 1.10 bits per heavy atom. The van der Waals surface area contributed by atoms with Crippen LogP contribution >= 0.6 is 0 Å². The van der Waals surface area contributed by atoms with Crippen molar-refractivity contribution in [1.82, 2.24) is 14.9 Å². The van der Waals surface area contributed by atoms with Crippen molar-refractivity contribution in [1.29, 1.82) is 5.26 Å². The Morgan fingerprint density at radius 3 is 2.66 bits per heavy atom. The molecule has 1 amide bonds. The second-order valence-electron chi connectivity index (χ2n) is 6.92. The number of carbonyl (C=O) groups is 1. The van der Waals surface area contributed by atoms with Crippen molar-refractivity contribution < 1.29 is 4.79 Å². The number of benzene rings is 1. The molecule has 1 aliphatic heterocycles. The van der Waals surface area contributed by atoms with Crippen LogP contribution in [-0.2, 0) is 4.79 Å². The maximum absolute atomic E-state index is 12.6. The summed E-state index contributed by atoms with van der Waals surface area (Å²) in [6.07, 6.45) is 2.20. The summed E-state index contributed by atoms with van der Waals surface area (Å²) in [5, 5.41) is 13.5. The number of rotatable bonds is 5. The summed E-state index contributed by atoms with van der Waals surface area (Å²) in [4.78, 5) is 25.4. The third-order valence-electron chi connectivity index (χ3n) is 5.09. The van der Waals surface area contributed by atoms with E-state index in [1.165, 1.54) is 0 Å². The molecule has 7 nitrogen and oxygen atoms in total. The van der Waals surface area contributed by atoms with E-state index in [0.717, 1.165) is 35.5 Å². The fourth-order valence-corrected chi connectivity index (χ4v) is 3.57. The highest BCUT2D eigenvalue weighted by molar-refractivity contribution is 5.92. The maximum atomic E-state index is 12.6. The highest BCUT2D eigenvalue weighted by Crippen LogP contribution is 2.23. The third kappa shape index (κ3) is 4.27. The number of amides is 1. The van der Waals surface area contributed by atoms with Gasteiger partial charge >= 0.3 is 0 Å². The summed E-state index contributed by atoms with van der Waals surface area (Å²) in [5.41, 5.74) is 1.97. The van der Waals surface area contributed by atoms with Crippen molar-refractivity contribution in [2.75, 3.05) is 42.9 Å². The van der Waals surface area contributed by atoms with Crippen molar-refractivity contribution in [2.24, 2.45) is 0 Å². The van der Waals surface area contributed by atoms with Gasteiger partial charge in [-0.25, -0.2) is 9.97 Å². The number of nitrogens with zero attached hydrogens (tertiary/aromatic N) is 5. The van der Waals surface area contributed by atoms with Crippen molar-refractivity contribution in [3.8, 4) is 6.07 Å². The summed E-state index contributed by atoms with van der Waals surface area (Å²) in [5.74, 6) is 1.09. The minimum Gasteiger partial charge on any atom is -0.384 e. The van der Waals surface area contributed by atoms with Crippen LogP contribution in [-0.4, -0.2) is 53.5 Å². The minimum atomic E-state index is 0.136. The van der Waals surface area contributed by atoms with Gasteiger partial charge in [0.15, 0.2) is 0 Å². The Morgan fingerprint density at radius 2 is 1.90 bits per heavy atom. The molecule has 3 aromatic rings. The molecule has 0 bridgehead atoms. The first-order valence-corrected chi connectivity index (χ1v) is 9.72. The number of fused-ring (bicyclic) bond motifs is 1. The predicted molar refractivity (Wildman–Crippen MR) is 113 cm³/mol. The van der Waals surface area contributed by atoms with E-state index in [1.54, 1.807) is 12.3 Å². The van der Waals surface area contributed by atoms with Gasteiger partial charge in [-0.1, -0.05) is 24.3 Å². The smallest absolute Gasteiger partial charge is 0.224 e. The number of nitriles is 1. The van der Waals surface area contributed by atoms with Crippen LogP contribution in [0.1, 0.15) is 12.1 Å². The third-order valence-corrected chi connectivity index (χ3v) is 5.09. The average Bonchev–Trinajstić information content (AvgIpc) is 2.79. The molecule has 4 rings (SSSR count). The second-order valence-corrected chi connectivity index (χ2v) is 6.92. The van der Waals surface area contributed by atoms with Crippen LogP contribution in [0, 0.1) is 11.3 Å². The quantitative estimate of drug-likeness (QED) is 0.726. The Labute approximate surface area is 169 Å². The van der Waals surface area contributed by atoms with Gasteiger partial charge in [0, 0.05) is 56.4 Å². The zero-order valence-corrected chi connectivity index (χ0v) is 16.1. The van der Waals surface area contributed by atoms with Crippen LogP contribution < -0.4 is 10.2 Å². The number of nitrogens with one attached hydrogen (secondary N) is 1. The van der Waals surface area contributed by atoms with Crippen LogP contribution in [0.25, 0.3) is 10.9 Å². The lowest BCUT2D eigenvalue weighted by Crippen LogP contribution is -2.49. The van der Waals surface area contributed by atoms with E-state index >= 15 is 0 Å². The van der Waals surface area contributed by atoms with Crippen molar-refractivity contribution in [3.05, 3.63) is 60.4 Å². The van der Waals surface area contributed by atoms with Gasteiger partial charge in [-0.3, -0.25) is 4.79 Å². The van der Waals surface area contributed by atoms with E-state index in [0.29, 0.717) is 31.7 Å². The van der Waals surface area contributed by atoms with Gasteiger partial charge in [-0.05, 0) is 24.3 Å². The number of hydrogen-bond acceptors (Lipinski definition) is 6. The van der Waals surface area contributed by atoms with E-state index < -0.39 is 0 Å². The molecule has 2 aromatic heterocycles. The van der Waals surface area contributed by atoms with Gasteiger partial charge in [-0.2, -0.15) is 5.26 Å². The van der Waals surface area contributed by atoms with Gasteiger partial charge in [0.25, 0.3) is 0 Å². The molecular weight excluding hydrogens is 364 g/mol. The lowest BCUT2D eigenvalue weighted by molar-refractivity contribution is -0.131. The van der Waals surface area contributed by atoms with Crippen molar-refractivity contribution in [2.45, 2.75) is 6.42 Å². The molecular formula is C22H22N6O. The summed E-state index contributed by atoms with van der Waals surface area (Å²) in [6.45, 7) is 3.49. The molecule has 29 heavy (non-hydrogen) atoms. The average molecular weight is 386 g/mol. The Balaban J connectivity index is 1.32. The zero-order valence-electron chi connectivity index (χ0n) is 16.1. The zero-order chi connectivity index (χ0) is 20.1. The monoisotopic (exact) mass is 386 g/mol. The van der Waals surface area contributed by atoms with Gasteiger partial charge < -0.3 is 15.1 Å². The summed E-state index contributed by atoms with van der Waals surface area (Å²) in [6, 6.07) is 17.4. The number of para-hydroxylation sites is 1. The number of piperazine rings is 1. The molecule has 0 atom stereocenters. The molecule has 1 saturated heterocycles. The van der Waals surface area contributed by atoms with Crippen molar-refractivity contribution >= 4 is 28.3 Å².